The summed E-state index contributed by atoms with van der Waals surface area (Å²) in [6, 6.07) is 0. The summed E-state index contributed by atoms with van der Waals surface area (Å²) in [7, 11) is 0. The molecule has 26 heavy (non-hydrogen) atoms. The molecule has 0 aliphatic rings. The van der Waals surface area contributed by atoms with Crippen LogP contribution in [0.1, 0.15) is 92.9 Å². The number of rotatable bonds is 14. The molecule has 2 N–H and O–H groups in total. The zero-order chi connectivity index (χ0) is 20.1. The van der Waals surface area contributed by atoms with Crippen molar-refractivity contribution in [3.05, 3.63) is 0 Å². The number of unbranched alkanes of at least 4 members (excludes halogenated alkanes) is 3. The van der Waals surface area contributed by atoms with E-state index in [-0.39, 0.29) is 17.4 Å². The van der Waals surface area contributed by atoms with Gasteiger partial charge >= 0.3 is 6.09 Å². The van der Waals surface area contributed by atoms with Gasteiger partial charge in [0.1, 0.15) is 0 Å². The smallest absolute Gasteiger partial charge is 0.407 e. The number of nitrogens with one attached hydrogen (secondary N) is 2. The monoisotopic (exact) mass is 370 g/mol. The van der Waals surface area contributed by atoms with Crippen molar-refractivity contribution in [2.45, 2.75) is 92.9 Å². The third-order valence-corrected chi connectivity index (χ3v) is 5.19. The van der Waals surface area contributed by atoms with Gasteiger partial charge in [0, 0.05) is 20.0 Å². The largest absolute Gasteiger partial charge is 0.450 e. The van der Waals surface area contributed by atoms with E-state index >= 15 is 0 Å². The van der Waals surface area contributed by atoms with Crippen LogP contribution in [0.15, 0.2) is 0 Å². The van der Waals surface area contributed by atoms with Crippen molar-refractivity contribution < 1.29 is 14.3 Å². The lowest BCUT2D eigenvalue weighted by Gasteiger charge is -2.30. The zero-order valence-corrected chi connectivity index (χ0v) is 18.0. The molecule has 0 rings (SSSR count). The Morgan fingerprint density at radius 2 is 1.35 bits per heavy atom. The summed E-state index contributed by atoms with van der Waals surface area (Å²) in [6.45, 7) is 14.7. The van der Waals surface area contributed by atoms with E-state index in [1.165, 1.54) is 19.8 Å². The molecule has 0 bridgehead atoms. The van der Waals surface area contributed by atoms with E-state index in [4.69, 9.17) is 4.74 Å². The molecule has 2 amide bonds. The van der Waals surface area contributed by atoms with E-state index in [2.05, 4.69) is 45.3 Å². The highest BCUT2D eigenvalue weighted by atomic mass is 16.5. The van der Waals surface area contributed by atoms with E-state index in [0.29, 0.717) is 18.6 Å². The summed E-state index contributed by atoms with van der Waals surface area (Å²) in [5.74, 6) is 0.0201. The molecule has 0 radical (unpaired) electrons. The second kappa shape index (κ2) is 13.0. The molecule has 0 aliphatic heterocycles. The molecule has 0 fully saturated rings. The summed E-state index contributed by atoms with van der Waals surface area (Å²) in [4.78, 5) is 22.4. The first-order valence-electron chi connectivity index (χ1n) is 10.2. The van der Waals surface area contributed by atoms with E-state index in [1.54, 1.807) is 0 Å². The topological polar surface area (TPSA) is 67.4 Å². The Morgan fingerprint density at radius 3 is 1.88 bits per heavy atom. The quantitative estimate of drug-likeness (QED) is 0.421. The van der Waals surface area contributed by atoms with Crippen LogP contribution in [0.25, 0.3) is 0 Å². The Hall–Kier alpha value is -1.26. The number of hydrogen-bond donors (Lipinski definition) is 2. The Morgan fingerprint density at radius 1 is 0.808 bits per heavy atom. The molecule has 0 atom stereocenters. The van der Waals surface area contributed by atoms with Crippen molar-refractivity contribution in [2.24, 2.45) is 10.8 Å². The molecule has 154 valence electrons. The van der Waals surface area contributed by atoms with Gasteiger partial charge in [-0.15, -0.1) is 0 Å². The molecular weight excluding hydrogens is 328 g/mol. The maximum atomic E-state index is 11.7. The molecule has 5 nitrogen and oxygen atoms in total. The Balaban J connectivity index is 3.65. The molecule has 0 heterocycles. The second-order valence-electron chi connectivity index (χ2n) is 8.89. The van der Waals surface area contributed by atoms with Crippen molar-refractivity contribution in [2.75, 3.05) is 19.7 Å². The first kappa shape index (κ1) is 24.7. The lowest BCUT2D eigenvalue weighted by molar-refractivity contribution is -0.118. The second-order valence-corrected chi connectivity index (χ2v) is 8.89. The highest BCUT2D eigenvalue weighted by Gasteiger charge is 2.23. The maximum absolute atomic E-state index is 11.7. The fourth-order valence-corrected chi connectivity index (χ4v) is 2.51. The van der Waals surface area contributed by atoms with Crippen molar-refractivity contribution in [3.63, 3.8) is 0 Å². The molecule has 0 saturated carbocycles. The van der Waals surface area contributed by atoms with E-state index < -0.39 is 0 Å². The first-order chi connectivity index (χ1) is 12.1. The van der Waals surface area contributed by atoms with Crippen LogP contribution in [-0.2, 0) is 9.53 Å². The van der Waals surface area contributed by atoms with Crippen LogP contribution >= 0.6 is 0 Å². The van der Waals surface area contributed by atoms with Crippen LogP contribution in [0.5, 0.6) is 0 Å². The fourth-order valence-electron chi connectivity index (χ4n) is 2.51. The van der Waals surface area contributed by atoms with Gasteiger partial charge < -0.3 is 15.4 Å². The Bertz CT molecular complexity index is 406. The average molecular weight is 371 g/mol. The number of alkyl carbamates (subject to hydrolysis) is 1. The van der Waals surface area contributed by atoms with Crippen LogP contribution in [0.2, 0.25) is 0 Å². The summed E-state index contributed by atoms with van der Waals surface area (Å²) in [6.07, 6.45) is 8.13. The van der Waals surface area contributed by atoms with Gasteiger partial charge in [0.2, 0.25) is 5.91 Å². The highest BCUT2D eigenvalue weighted by Crippen LogP contribution is 2.34. The molecule has 0 unspecified atom stereocenters. The van der Waals surface area contributed by atoms with Gasteiger partial charge in [-0.05, 0) is 42.9 Å². The van der Waals surface area contributed by atoms with Crippen LogP contribution < -0.4 is 10.6 Å². The fraction of sp³-hybridized carbons (Fsp3) is 0.905. The van der Waals surface area contributed by atoms with Gasteiger partial charge in [-0.2, -0.15) is 0 Å². The molecule has 0 spiro atoms. The minimum Gasteiger partial charge on any atom is -0.450 e. The Labute approximate surface area is 161 Å². The molecule has 0 aromatic heterocycles. The van der Waals surface area contributed by atoms with E-state index in [1.807, 2.05) is 0 Å². The maximum Gasteiger partial charge on any atom is 0.407 e. The summed E-state index contributed by atoms with van der Waals surface area (Å²) in [5.41, 5.74) is 0.582. The Kier molecular flexibility index (Phi) is 12.4. The third-order valence-electron chi connectivity index (χ3n) is 5.19. The number of ether oxygens (including phenoxy) is 1. The minimum atomic E-state index is -0.312. The highest BCUT2D eigenvalue weighted by molar-refractivity contribution is 5.72. The van der Waals surface area contributed by atoms with Gasteiger partial charge in [-0.1, -0.05) is 53.9 Å². The lowest BCUT2D eigenvalue weighted by atomic mass is 9.76. The van der Waals surface area contributed by atoms with Crippen molar-refractivity contribution in [1.82, 2.24) is 10.6 Å². The SMILES string of the molecule is CCC(C)(C)CCC(C)(C)CCOC(=O)NCCCCCCNC(C)=O. The number of hydrogen-bond acceptors (Lipinski definition) is 3. The zero-order valence-electron chi connectivity index (χ0n) is 18.0. The van der Waals surface area contributed by atoms with Crippen LogP contribution in [0.4, 0.5) is 4.79 Å². The predicted molar refractivity (Wildman–Crippen MR) is 108 cm³/mol. The van der Waals surface area contributed by atoms with Crippen LogP contribution in [-0.4, -0.2) is 31.7 Å². The van der Waals surface area contributed by atoms with Gasteiger partial charge in [-0.25, -0.2) is 4.79 Å². The molecular formula is C21H42N2O3. The number of amides is 2. The van der Waals surface area contributed by atoms with Gasteiger partial charge in [0.15, 0.2) is 0 Å². The van der Waals surface area contributed by atoms with Crippen LogP contribution in [0, 0.1) is 10.8 Å². The molecule has 0 aromatic rings. The molecule has 0 aliphatic carbocycles. The van der Waals surface area contributed by atoms with Crippen molar-refractivity contribution in [1.29, 1.82) is 0 Å². The molecule has 0 aromatic carbocycles. The summed E-state index contributed by atoms with van der Waals surface area (Å²) >= 11 is 0. The van der Waals surface area contributed by atoms with Crippen LogP contribution in [0.3, 0.4) is 0 Å². The van der Waals surface area contributed by atoms with Gasteiger partial charge in [-0.3, -0.25) is 4.79 Å². The summed E-state index contributed by atoms with van der Waals surface area (Å²) in [5, 5.41) is 5.59. The van der Waals surface area contributed by atoms with Gasteiger partial charge in [0.05, 0.1) is 6.61 Å². The lowest BCUT2D eigenvalue weighted by Crippen LogP contribution is -2.27. The molecule has 5 heteroatoms. The van der Waals surface area contributed by atoms with Crippen molar-refractivity contribution >= 4 is 12.0 Å². The standard InChI is InChI=1S/C21H42N2O3/c1-7-20(3,4)12-13-21(5,6)14-17-26-19(25)23-16-11-9-8-10-15-22-18(2)24/h7-17H2,1-6H3,(H,22,24)(H,23,25). The van der Waals surface area contributed by atoms with Crippen molar-refractivity contribution in [3.8, 4) is 0 Å². The average Bonchev–Trinajstić information content (AvgIpc) is 2.55. The number of carbonyl (C=O) groups excluding carboxylic acids is 2. The third kappa shape index (κ3) is 15.0. The van der Waals surface area contributed by atoms with E-state index in [0.717, 1.165) is 45.1 Å². The normalized spacial score (nSPS) is 11.9. The summed E-state index contributed by atoms with van der Waals surface area (Å²) < 4.78 is 5.31. The van der Waals surface area contributed by atoms with Gasteiger partial charge in [0.25, 0.3) is 0 Å². The predicted octanol–water partition coefficient (Wildman–Crippen LogP) is 5.04. The first-order valence-corrected chi connectivity index (χ1v) is 10.2. The minimum absolute atomic E-state index is 0.0201. The number of carbonyl (C=O) groups is 2. The van der Waals surface area contributed by atoms with E-state index in [9.17, 15) is 9.59 Å². The molecule has 0 saturated heterocycles.